The highest BCUT2D eigenvalue weighted by atomic mass is 32.2. The van der Waals surface area contributed by atoms with Gasteiger partial charge in [0.1, 0.15) is 12.4 Å². The number of aliphatic hydroxyl groups excluding tert-OH is 1. The largest absolute Gasteiger partial charge is 0.448 e. The monoisotopic (exact) mass is 406 g/mol. The molecule has 2 aromatic carbocycles. The maximum absolute atomic E-state index is 12.4. The second-order valence-corrected chi connectivity index (χ2v) is 7.88. The molecule has 6 heteroatoms. The van der Waals surface area contributed by atoms with Crippen LogP contribution in [0.3, 0.4) is 0 Å². The molecule has 1 aromatic heterocycles. The first-order valence-electron chi connectivity index (χ1n) is 9.52. The highest BCUT2D eigenvalue weighted by Gasteiger charge is 2.29. The van der Waals surface area contributed by atoms with Gasteiger partial charge >= 0.3 is 6.09 Å². The van der Waals surface area contributed by atoms with Crippen LogP contribution in [0, 0.1) is 0 Å². The average Bonchev–Trinajstić information content (AvgIpc) is 3.07. The number of hydrogen-bond acceptors (Lipinski definition) is 5. The molecule has 0 aliphatic heterocycles. The van der Waals surface area contributed by atoms with Gasteiger partial charge in [0.15, 0.2) is 0 Å². The number of aliphatic hydroxyl groups is 1. The lowest BCUT2D eigenvalue weighted by Crippen LogP contribution is -2.18. The minimum atomic E-state index is -0.514. The lowest BCUT2D eigenvalue weighted by molar-refractivity contribution is 0.158. The van der Waals surface area contributed by atoms with E-state index < -0.39 is 6.09 Å². The fourth-order valence-corrected chi connectivity index (χ4v) is 4.31. The molecule has 0 radical (unpaired) electrons. The van der Waals surface area contributed by atoms with Crippen LogP contribution in [-0.4, -0.2) is 35.2 Å². The topological polar surface area (TPSA) is 71.5 Å². The summed E-state index contributed by atoms with van der Waals surface area (Å²) in [5, 5.41) is 11.6. The number of anilines is 1. The van der Waals surface area contributed by atoms with E-state index in [4.69, 9.17) is 9.84 Å². The number of aromatic nitrogens is 1. The van der Waals surface area contributed by atoms with Crippen molar-refractivity contribution in [2.45, 2.75) is 11.7 Å². The van der Waals surface area contributed by atoms with E-state index in [0.29, 0.717) is 11.6 Å². The average molecular weight is 407 g/mol. The molecule has 1 aliphatic carbocycles. The zero-order chi connectivity index (χ0) is 20.1. The van der Waals surface area contributed by atoms with Crippen LogP contribution in [0.5, 0.6) is 0 Å². The lowest BCUT2D eigenvalue weighted by Gasteiger charge is -2.14. The van der Waals surface area contributed by atoms with E-state index in [1.54, 1.807) is 18.0 Å². The van der Waals surface area contributed by atoms with Crippen molar-refractivity contribution in [3.8, 4) is 11.1 Å². The Morgan fingerprint density at radius 2 is 1.76 bits per heavy atom. The number of benzene rings is 2. The number of rotatable bonds is 7. The van der Waals surface area contributed by atoms with Crippen molar-refractivity contribution in [3.63, 3.8) is 0 Å². The molecule has 0 unspecified atom stereocenters. The molecule has 2 N–H and O–H groups in total. The molecule has 29 heavy (non-hydrogen) atoms. The number of amides is 1. The van der Waals surface area contributed by atoms with Crippen LogP contribution in [0.25, 0.3) is 11.1 Å². The molecule has 148 valence electrons. The molecular formula is C23H22N2O3S. The molecule has 1 amide bonds. The summed E-state index contributed by atoms with van der Waals surface area (Å²) in [6.45, 7) is 0.423. The van der Waals surface area contributed by atoms with E-state index in [0.717, 1.165) is 11.3 Å². The number of ether oxygens (including phenoxy) is 1. The Labute approximate surface area is 174 Å². The number of nitrogens with zero attached hydrogens (tertiary/aromatic N) is 1. The molecule has 4 rings (SSSR count). The second kappa shape index (κ2) is 9.11. The Kier molecular flexibility index (Phi) is 6.12. The number of carbonyl (C=O) groups is 1. The Hall–Kier alpha value is -2.83. The van der Waals surface area contributed by atoms with E-state index in [9.17, 15) is 4.79 Å². The number of hydrogen-bond donors (Lipinski definition) is 2. The third kappa shape index (κ3) is 4.44. The molecule has 3 aromatic rings. The lowest BCUT2D eigenvalue weighted by atomic mass is 9.98. The van der Waals surface area contributed by atoms with E-state index in [-0.39, 0.29) is 19.1 Å². The first-order chi connectivity index (χ1) is 14.3. The molecule has 1 aliphatic rings. The third-order valence-corrected chi connectivity index (χ3v) is 5.91. The van der Waals surface area contributed by atoms with Gasteiger partial charge in [-0.15, -0.1) is 0 Å². The third-order valence-electron chi connectivity index (χ3n) is 4.90. The summed E-state index contributed by atoms with van der Waals surface area (Å²) in [4.78, 5) is 16.5. The van der Waals surface area contributed by atoms with Gasteiger partial charge < -0.3 is 9.84 Å². The summed E-state index contributed by atoms with van der Waals surface area (Å²) >= 11 is 1.63. The van der Waals surface area contributed by atoms with Gasteiger partial charge in [0, 0.05) is 23.6 Å². The summed E-state index contributed by atoms with van der Waals surface area (Å²) in [6.07, 6.45) is 1.15. The molecule has 0 fully saturated rings. The van der Waals surface area contributed by atoms with Crippen LogP contribution < -0.4 is 5.32 Å². The maximum atomic E-state index is 12.4. The quantitative estimate of drug-likeness (QED) is 0.558. The summed E-state index contributed by atoms with van der Waals surface area (Å²) in [5.41, 5.74) is 5.80. The first-order valence-corrected chi connectivity index (χ1v) is 10.7. The maximum Gasteiger partial charge on any atom is 0.412 e. The van der Waals surface area contributed by atoms with Gasteiger partial charge in [0.05, 0.1) is 6.61 Å². The van der Waals surface area contributed by atoms with Crippen molar-refractivity contribution in [2.24, 2.45) is 0 Å². The second-order valence-electron chi connectivity index (χ2n) is 6.78. The zero-order valence-electron chi connectivity index (χ0n) is 15.9. The van der Waals surface area contributed by atoms with Crippen LogP contribution in [0.4, 0.5) is 10.6 Å². The van der Waals surface area contributed by atoms with Crippen molar-refractivity contribution in [3.05, 3.63) is 83.6 Å². The number of fused-ring (bicyclic) bond motifs is 3. The standard InChI is InChI=1S/C23H22N2O3S/c26-11-12-29-15-16-9-10-24-22(13-16)25-23(27)28-14-21-19-7-3-1-5-17(19)18-6-2-4-8-20(18)21/h1-10,13,21,26H,11-12,14-15H2,(H,24,25,27). The van der Waals surface area contributed by atoms with Gasteiger partial charge in [-0.05, 0) is 39.9 Å². The normalized spacial score (nSPS) is 12.3. The molecule has 1 heterocycles. The highest BCUT2D eigenvalue weighted by Crippen LogP contribution is 2.44. The number of thioether (sulfide) groups is 1. The molecule has 0 spiro atoms. The highest BCUT2D eigenvalue weighted by molar-refractivity contribution is 7.98. The number of carbonyl (C=O) groups excluding carboxylic acids is 1. The van der Waals surface area contributed by atoms with Crippen LogP contribution in [0.2, 0.25) is 0 Å². The van der Waals surface area contributed by atoms with Crippen LogP contribution >= 0.6 is 11.8 Å². The minimum Gasteiger partial charge on any atom is -0.448 e. The van der Waals surface area contributed by atoms with Gasteiger partial charge in [-0.1, -0.05) is 48.5 Å². The zero-order valence-corrected chi connectivity index (χ0v) is 16.7. The minimum absolute atomic E-state index is 0.0299. The van der Waals surface area contributed by atoms with E-state index >= 15 is 0 Å². The molecule has 5 nitrogen and oxygen atoms in total. The summed E-state index contributed by atoms with van der Waals surface area (Å²) in [6, 6.07) is 20.2. The van der Waals surface area contributed by atoms with Crippen molar-refractivity contribution in [1.29, 1.82) is 0 Å². The fourth-order valence-electron chi connectivity index (χ4n) is 3.63. The van der Waals surface area contributed by atoms with Gasteiger partial charge in [0.2, 0.25) is 0 Å². The van der Waals surface area contributed by atoms with E-state index in [1.165, 1.54) is 22.3 Å². The molecule has 0 atom stereocenters. The molecule has 0 bridgehead atoms. The number of pyridine rings is 1. The molecule has 0 saturated carbocycles. The Morgan fingerprint density at radius 1 is 1.07 bits per heavy atom. The Balaban J connectivity index is 1.40. The van der Waals surface area contributed by atoms with Crippen LogP contribution in [0.1, 0.15) is 22.6 Å². The van der Waals surface area contributed by atoms with Gasteiger partial charge in [-0.25, -0.2) is 9.78 Å². The van der Waals surface area contributed by atoms with Crippen LogP contribution in [-0.2, 0) is 10.5 Å². The van der Waals surface area contributed by atoms with E-state index in [1.807, 2.05) is 36.4 Å². The van der Waals surface area contributed by atoms with Gasteiger partial charge in [-0.2, -0.15) is 11.8 Å². The smallest absolute Gasteiger partial charge is 0.412 e. The predicted octanol–water partition coefficient (Wildman–Crippen LogP) is 4.67. The fraction of sp³-hybridized carbons (Fsp3) is 0.217. The Morgan fingerprint density at radius 3 is 2.45 bits per heavy atom. The summed E-state index contributed by atoms with van der Waals surface area (Å²) < 4.78 is 5.55. The molecule has 0 saturated heterocycles. The van der Waals surface area contributed by atoms with Gasteiger partial charge in [0.25, 0.3) is 0 Å². The van der Waals surface area contributed by atoms with Crippen molar-refractivity contribution in [1.82, 2.24) is 4.98 Å². The van der Waals surface area contributed by atoms with Crippen molar-refractivity contribution in [2.75, 3.05) is 24.3 Å². The van der Waals surface area contributed by atoms with Crippen molar-refractivity contribution < 1.29 is 14.6 Å². The van der Waals surface area contributed by atoms with Crippen molar-refractivity contribution >= 4 is 23.7 Å². The predicted molar refractivity (Wildman–Crippen MR) is 116 cm³/mol. The first kappa shape index (κ1) is 19.5. The van der Waals surface area contributed by atoms with Crippen LogP contribution in [0.15, 0.2) is 66.9 Å². The van der Waals surface area contributed by atoms with E-state index in [2.05, 4.69) is 34.6 Å². The Bertz CT molecular complexity index is 963. The summed E-state index contributed by atoms with van der Waals surface area (Å²) in [5.74, 6) is 1.92. The SMILES string of the molecule is O=C(Nc1cc(CSCCO)ccn1)OCC1c2ccccc2-c2ccccc21. The number of nitrogens with one attached hydrogen (secondary N) is 1. The van der Waals surface area contributed by atoms with Gasteiger partial charge in [-0.3, -0.25) is 5.32 Å². The molecular weight excluding hydrogens is 384 g/mol. The summed E-state index contributed by atoms with van der Waals surface area (Å²) in [7, 11) is 0.